The van der Waals surface area contributed by atoms with Crippen LogP contribution >= 0.6 is 0 Å². The molecule has 0 aliphatic carbocycles. The number of hydrogen-bond acceptors (Lipinski definition) is 11. The van der Waals surface area contributed by atoms with Gasteiger partial charge in [-0.2, -0.15) is 0 Å². The second-order valence-corrected chi connectivity index (χ2v) is 7.41. The van der Waals surface area contributed by atoms with Gasteiger partial charge in [-0.25, -0.2) is 4.39 Å². The minimum absolute atomic E-state index is 0.231. The topological polar surface area (TPSA) is 173 Å². The predicted molar refractivity (Wildman–Crippen MR) is 98.9 cm³/mol. The lowest BCUT2D eigenvalue weighted by atomic mass is 9.97. The zero-order valence-electron chi connectivity index (χ0n) is 17.0. The number of nitrogens with two attached hydrogens (primary N) is 1. The van der Waals surface area contributed by atoms with E-state index < -0.39 is 74.7 Å². The third-order valence-corrected chi connectivity index (χ3v) is 5.31. The molecule has 0 aromatic carbocycles. The van der Waals surface area contributed by atoms with Crippen molar-refractivity contribution in [1.82, 2.24) is 0 Å². The largest absolute Gasteiger partial charge is 0.394 e. The van der Waals surface area contributed by atoms with Gasteiger partial charge < -0.3 is 55.0 Å². The first kappa shape index (κ1) is 25.7. The summed E-state index contributed by atoms with van der Waals surface area (Å²) in [6.07, 6.45) is -11.4. The maximum atomic E-state index is 13.6. The normalized spacial score (nSPS) is 42.4. The number of hydrogen-bond donors (Lipinski definition) is 6. The minimum Gasteiger partial charge on any atom is -0.394 e. The van der Waals surface area contributed by atoms with Crippen molar-refractivity contribution >= 4 is 0 Å². The number of rotatable bonds is 11. The third kappa shape index (κ3) is 6.04. The van der Waals surface area contributed by atoms with Gasteiger partial charge in [-0.05, 0) is 25.8 Å². The van der Waals surface area contributed by atoms with Gasteiger partial charge in [0.25, 0.3) is 0 Å². The molecule has 2 aliphatic rings. The Balaban J connectivity index is 2.01. The molecular formula is C18H34FNO10. The van der Waals surface area contributed by atoms with E-state index in [0.717, 1.165) is 12.8 Å². The summed E-state index contributed by atoms with van der Waals surface area (Å²) in [6.45, 7) is -0.872. The van der Waals surface area contributed by atoms with Gasteiger partial charge in [-0.15, -0.1) is 0 Å². The Hall–Kier alpha value is -0.510. The van der Waals surface area contributed by atoms with Gasteiger partial charge >= 0.3 is 0 Å². The number of halogens is 1. The molecule has 6 unspecified atom stereocenters. The van der Waals surface area contributed by atoms with E-state index in [9.17, 15) is 29.9 Å². The van der Waals surface area contributed by atoms with Gasteiger partial charge in [0, 0.05) is 13.7 Å². The van der Waals surface area contributed by atoms with E-state index in [0.29, 0.717) is 13.0 Å². The molecular weight excluding hydrogens is 409 g/mol. The lowest BCUT2D eigenvalue weighted by Gasteiger charge is -2.46. The van der Waals surface area contributed by atoms with Crippen molar-refractivity contribution in [3.8, 4) is 0 Å². The Bertz CT molecular complexity index is 490. The molecule has 10 atom stereocenters. The number of methoxy groups -OCH3 is 1. The molecule has 7 N–H and O–H groups in total. The third-order valence-electron chi connectivity index (χ3n) is 5.31. The Morgan fingerprint density at radius 2 is 1.57 bits per heavy atom. The quantitative estimate of drug-likeness (QED) is 0.185. The first-order valence-corrected chi connectivity index (χ1v) is 10.1. The van der Waals surface area contributed by atoms with Crippen LogP contribution in [0.5, 0.6) is 0 Å². The predicted octanol–water partition coefficient (Wildman–Crippen LogP) is -2.61. The SMILES string of the molecule is COC1C(O)[C@H](O[C@@H]2C(CF)O[C@@H](OCCCCCN)C(O)C2O)OC(CO)[C@@H]1O. The Morgan fingerprint density at radius 1 is 0.867 bits per heavy atom. The Morgan fingerprint density at radius 3 is 2.17 bits per heavy atom. The standard InChI is InChI=1S/C18H34FNO10/c1-26-16-11(22)10(8-21)29-18(14(16)25)30-15-9(7-19)28-17(13(24)12(15)23)27-6-4-2-3-5-20/h9-18,21-25H,2-8,20H2,1H3/t9?,10?,11-,12?,13?,14?,15+,16?,17+,18-/m0/s1. The van der Waals surface area contributed by atoms with Crippen molar-refractivity contribution in [1.29, 1.82) is 0 Å². The first-order chi connectivity index (χ1) is 14.4. The number of unbranched alkanes of at least 4 members (excludes halogenated alkanes) is 2. The van der Waals surface area contributed by atoms with E-state index in [4.69, 9.17) is 29.4 Å². The summed E-state index contributed by atoms with van der Waals surface area (Å²) in [5.41, 5.74) is 5.42. The van der Waals surface area contributed by atoms with E-state index in [1.54, 1.807) is 0 Å². The molecule has 2 rings (SSSR count). The molecule has 0 aromatic heterocycles. The van der Waals surface area contributed by atoms with Crippen molar-refractivity contribution in [2.45, 2.75) is 80.7 Å². The highest BCUT2D eigenvalue weighted by atomic mass is 19.1. The van der Waals surface area contributed by atoms with Crippen LogP contribution in [0, 0.1) is 0 Å². The highest BCUT2D eigenvalue weighted by Crippen LogP contribution is 2.30. The fourth-order valence-corrected chi connectivity index (χ4v) is 3.56. The summed E-state index contributed by atoms with van der Waals surface area (Å²) >= 11 is 0. The van der Waals surface area contributed by atoms with Gasteiger partial charge in [-0.3, -0.25) is 0 Å². The summed E-state index contributed by atoms with van der Waals surface area (Å²) in [7, 11) is 1.25. The number of ether oxygens (including phenoxy) is 5. The van der Waals surface area contributed by atoms with Crippen molar-refractivity contribution in [2.75, 3.05) is 33.5 Å². The Labute approximate surface area is 174 Å². The van der Waals surface area contributed by atoms with Gasteiger partial charge in [-0.1, -0.05) is 0 Å². The molecule has 0 spiro atoms. The van der Waals surface area contributed by atoms with Crippen molar-refractivity contribution < 1.29 is 53.6 Å². The average Bonchev–Trinajstić information content (AvgIpc) is 2.74. The molecule has 12 heteroatoms. The first-order valence-electron chi connectivity index (χ1n) is 10.1. The summed E-state index contributed by atoms with van der Waals surface area (Å²) in [6, 6.07) is 0. The maximum Gasteiger partial charge on any atom is 0.187 e. The van der Waals surface area contributed by atoms with Gasteiger partial charge in [0.1, 0.15) is 55.5 Å². The zero-order valence-corrected chi connectivity index (χ0v) is 17.0. The van der Waals surface area contributed by atoms with Crippen LogP contribution in [0.1, 0.15) is 19.3 Å². The van der Waals surface area contributed by atoms with Crippen LogP contribution in [-0.4, -0.2) is 120 Å². The fourth-order valence-electron chi connectivity index (χ4n) is 3.56. The van der Waals surface area contributed by atoms with Crippen LogP contribution in [0.2, 0.25) is 0 Å². The molecule has 2 aliphatic heterocycles. The van der Waals surface area contributed by atoms with E-state index >= 15 is 0 Å². The van der Waals surface area contributed by atoms with Gasteiger partial charge in [0.2, 0.25) is 0 Å². The highest BCUT2D eigenvalue weighted by Gasteiger charge is 2.51. The molecule has 11 nitrogen and oxygen atoms in total. The van der Waals surface area contributed by atoms with Crippen LogP contribution in [0.15, 0.2) is 0 Å². The van der Waals surface area contributed by atoms with Crippen LogP contribution in [0.25, 0.3) is 0 Å². The molecule has 2 saturated heterocycles. The van der Waals surface area contributed by atoms with Crippen LogP contribution < -0.4 is 5.73 Å². The van der Waals surface area contributed by atoms with Gasteiger partial charge in [0.05, 0.1) is 6.61 Å². The van der Waals surface area contributed by atoms with Crippen LogP contribution in [0.3, 0.4) is 0 Å². The van der Waals surface area contributed by atoms with Crippen molar-refractivity contribution in [2.24, 2.45) is 5.73 Å². The minimum atomic E-state index is -1.61. The lowest BCUT2D eigenvalue weighted by molar-refractivity contribution is -0.359. The molecule has 2 heterocycles. The highest BCUT2D eigenvalue weighted by molar-refractivity contribution is 4.94. The molecule has 30 heavy (non-hydrogen) atoms. The molecule has 178 valence electrons. The smallest absolute Gasteiger partial charge is 0.187 e. The van der Waals surface area contributed by atoms with Crippen molar-refractivity contribution in [3.05, 3.63) is 0 Å². The molecule has 0 radical (unpaired) electrons. The summed E-state index contributed by atoms with van der Waals surface area (Å²) in [5.74, 6) is 0. The van der Waals surface area contributed by atoms with Gasteiger partial charge in [0.15, 0.2) is 12.6 Å². The number of aliphatic hydroxyl groups excluding tert-OH is 5. The summed E-state index contributed by atoms with van der Waals surface area (Å²) in [5, 5.41) is 50.6. The fraction of sp³-hybridized carbons (Fsp3) is 1.00. The van der Waals surface area contributed by atoms with Crippen LogP contribution in [0.4, 0.5) is 4.39 Å². The maximum absolute atomic E-state index is 13.6. The monoisotopic (exact) mass is 443 g/mol. The van der Waals surface area contributed by atoms with E-state index in [1.807, 2.05) is 0 Å². The summed E-state index contributed by atoms with van der Waals surface area (Å²) < 4.78 is 40.4. The van der Waals surface area contributed by atoms with Crippen LogP contribution in [-0.2, 0) is 23.7 Å². The number of alkyl halides is 1. The Kier molecular flexibility index (Phi) is 10.7. The van der Waals surface area contributed by atoms with E-state index in [-0.39, 0.29) is 6.61 Å². The molecule has 0 amide bonds. The van der Waals surface area contributed by atoms with E-state index in [1.165, 1.54) is 7.11 Å². The second-order valence-electron chi connectivity index (χ2n) is 7.41. The van der Waals surface area contributed by atoms with E-state index in [2.05, 4.69) is 0 Å². The molecule has 0 aromatic rings. The number of aliphatic hydroxyl groups is 5. The van der Waals surface area contributed by atoms with Crippen molar-refractivity contribution in [3.63, 3.8) is 0 Å². The molecule has 0 saturated carbocycles. The molecule has 0 bridgehead atoms. The lowest BCUT2D eigenvalue weighted by Crippen LogP contribution is -2.64. The zero-order chi connectivity index (χ0) is 22.3. The molecule has 2 fully saturated rings. The summed E-state index contributed by atoms with van der Waals surface area (Å²) in [4.78, 5) is 0. The average molecular weight is 443 g/mol. The second kappa shape index (κ2) is 12.5.